The van der Waals surface area contributed by atoms with E-state index in [9.17, 15) is 13.2 Å². The molecule has 3 aromatic rings. The van der Waals surface area contributed by atoms with Crippen molar-refractivity contribution in [1.29, 1.82) is 0 Å². The van der Waals surface area contributed by atoms with Crippen molar-refractivity contribution < 1.29 is 17.9 Å². The van der Waals surface area contributed by atoms with Crippen LogP contribution in [0.25, 0.3) is 0 Å². The van der Waals surface area contributed by atoms with Gasteiger partial charge in [0.1, 0.15) is 12.3 Å². The van der Waals surface area contributed by atoms with Crippen LogP contribution in [-0.2, 0) is 14.8 Å². The maximum atomic E-state index is 13.3. The van der Waals surface area contributed by atoms with E-state index in [2.05, 4.69) is 15.5 Å². The van der Waals surface area contributed by atoms with Crippen molar-refractivity contribution in [3.63, 3.8) is 0 Å². The van der Waals surface area contributed by atoms with Gasteiger partial charge in [-0.15, -0.1) is 10.2 Å². The highest BCUT2D eigenvalue weighted by molar-refractivity contribution is 8.00. The van der Waals surface area contributed by atoms with E-state index >= 15 is 0 Å². The Kier molecular flexibility index (Phi) is 7.19. The van der Waals surface area contributed by atoms with E-state index in [4.69, 9.17) is 16.3 Å². The lowest BCUT2D eigenvalue weighted by molar-refractivity contribution is -0.114. The zero-order valence-corrected chi connectivity index (χ0v) is 19.1. The first-order chi connectivity index (χ1) is 14.3. The maximum absolute atomic E-state index is 13.3. The number of sulfonamides is 1. The van der Waals surface area contributed by atoms with Crippen molar-refractivity contribution in [2.24, 2.45) is 0 Å². The number of amides is 1. The first-order valence-corrected chi connectivity index (χ1v) is 12.3. The molecule has 12 heteroatoms. The smallest absolute Gasteiger partial charge is 0.264 e. The minimum atomic E-state index is -4.04. The number of carbonyl (C=O) groups excluding carboxylic acids is 1. The number of benzene rings is 2. The fourth-order valence-corrected chi connectivity index (χ4v) is 5.16. The van der Waals surface area contributed by atoms with Crippen LogP contribution in [0.15, 0.2) is 57.8 Å². The molecule has 0 atom stereocenters. The molecule has 30 heavy (non-hydrogen) atoms. The molecule has 158 valence electrons. The second-order valence-corrected chi connectivity index (χ2v) is 10.1. The molecule has 0 saturated heterocycles. The number of nitrogens with zero attached hydrogens (tertiary/aromatic N) is 3. The highest BCUT2D eigenvalue weighted by atomic mass is 35.5. The number of methoxy groups -OCH3 is 1. The number of aromatic nitrogens is 2. The number of nitrogens with one attached hydrogen (secondary N) is 1. The predicted molar refractivity (Wildman–Crippen MR) is 119 cm³/mol. The quantitative estimate of drug-likeness (QED) is 0.383. The molecule has 0 unspecified atom stereocenters. The van der Waals surface area contributed by atoms with Crippen LogP contribution in [0.4, 0.5) is 10.8 Å². The Morgan fingerprint density at radius 2 is 1.83 bits per heavy atom. The number of carbonyl (C=O) groups is 1. The zero-order valence-electron chi connectivity index (χ0n) is 15.9. The van der Waals surface area contributed by atoms with Crippen molar-refractivity contribution in [2.45, 2.75) is 9.24 Å². The van der Waals surface area contributed by atoms with Gasteiger partial charge in [-0.05, 0) is 54.8 Å². The van der Waals surface area contributed by atoms with Crippen LogP contribution in [0.5, 0.6) is 5.75 Å². The Hall–Kier alpha value is -2.34. The molecule has 0 aliphatic rings. The molecule has 0 bridgehead atoms. The Morgan fingerprint density at radius 3 is 2.40 bits per heavy atom. The molecule has 1 N–H and O–H groups in total. The second kappa shape index (κ2) is 9.65. The van der Waals surface area contributed by atoms with Crippen molar-refractivity contribution in [2.75, 3.05) is 29.5 Å². The van der Waals surface area contributed by atoms with Crippen molar-refractivity contribution >= 4 is 61.4 Å². The van der Waals surface area contributed by atoms with Gasteiger partial charge in [0.15, 0.2) is 4.34 Å². The molecule has 0 aliphatic carbocycles. The minimum Gasteiger partial charge on any atom is -0.497 e. The van der Waals surface area contributed by atoms with Crippen LogP contribution in [0, 0.1) is 0 Å². The van der Waals surface area contributed by atoms with E-state index in [1.807, 2.05) is 6.26 Å². The maximum Gasteiger partial charge on any atom is 0.264 e. The summed E-state index contributed by atoms with van der Waals surface area (Å²) in [5.41, 5.74) is 0.299. The van der Waals surface area contributed by atoms with Gasteiger partial charge in [-0.1, -0.05) is 34.7 Å². The fourth-order valence-electron chi connectivity index (χ4n) is 2.43. The molecule has 0 saturated carbocycles. The van der Waals surface area contributed by atoms with Crippen LogP contribution < -0.4 is 14.4 Å². The summed E-state index contributed by atoms with van der Waals surface area (Å²) in [6, 6.07) is 12.1. The zero-order chi connectivity index (χ0) is 21.7. The third-order valence-corrected chi connectivity index (χ3v) is 7.73. The topological polar surface area (TPSA) is 101 Å². The second-order valence-electron chi connectivity index (χ2n) is 5.79. The van der Waals surface area contributed by atoms with E-state index in [0.717, 1.165) is 4.31 Å². The van der Waals surface area contributed by atoms with Gasteiger partial charge in [0, 0.05) is 5.02 Å². The number of ether oxygens (including phenoxy) is 1. The summed E-state index contributed by atoms with van der Waals surface area (Å²) in [6.45, 7) is -0.454. The number of rotatable bonds is 8. The Morgan fingerprint density at radius 1 is 1.17 bits per heavy atom. The molecule has 0 radical (unpaired) electrons. The Balaban J connectivity index is 1.91. The standard InChI is InChI=1S/C18H17ClN4O4S3/c1-27-14-7-9-15(10-8-14)30(25,26)23(13-5-3-12(19)4-6-13)11-16(24)20-17-21-22-18(28-2)29-17/h3-10H,11H2,1-2H3,(H,20,21,24). The van der Waals surface area contributed by atoms with Crippen molar-refractivity contribution in [1.82, 2.24) is 10.2 Å². The number of hydrogen-bond donors (Lipinski definition) is 1. The number of thioether (sulfide) groups is 1. The van der Waals surface area contributed by atoms with Crippen LogP contribution in [-0.4, -0.2) is 44.4 Å². The van der Waals surface area contributed by atoms with Gasteiger partial charge < -0.3 is 4.74 Å². The number of anilines is 2. The average molecular weight is 485 g/mol. The SMILES string of the molecule is COc1ccc(S(=O)(=O)N(CC(=O)Nc2nnc(SC)s2)c2ccc(Cl)cc2)cc1. The highest BCUT2D eigenvalue weighted by Crippen LogP contribution is 2.27. The number of halogens is 1. The van der Waals surface area contributed by atoms with E-state index < -0.39 is 22.5 Å². The molecular formula is C18H17ClN4O4S3. The molecular weight excluding hydrogens is 468 g/mol. The third kappa shape index (κ3) is 5.22. The number of hydrogen-bond acceptors (Lipinski definition) is 8. The van der Waals surface area contributed by atoms with Crippen molar-refractivity contribution in [3.05, 3.63) is 53.6 Å². The van der Waals surface area contributed by atoms with Gasteiger partial charge in [0.25, 0.3) is 10.0 Å². The molecule has 1 amide bonds. The van der Waals surface area contributed by atoms with Gasteiger partial charge in [0.05, 0.1) is 17.7 Å². The first kappa shape index (κ1) is 22.3. The summed E-state index contributed by atoms with van der Waals surface area (Å²) in [7, 11) is -2.55. The minimum absolute atomic E-state index is 0.0200. The molecule has 1 heterocycles. The molecule has 0 fully saturated rings. The van der Waals surface area contributed by atoms with Gasteiger partial charge in [-0.3, -0.25) is 14.4 Å². The van der Waals surface area contributed by atoms with E-state index in [0.29, 0.717) is 25.9 Å². The van der Waals surface area contributed by atoms with Crippen LogP contribution >= 0.6 is 34.7 Å². The summed E-state index contributed by atoms with van der Waals surface area (Å²) >= 11 is 8.53. The molecule has 3 rings (SSSR count). The van der Waals surface area contributed by atoms with Gasteiger partial charge >= 0.3 is 0 Å². The molecule has 0 spiro atoms. The average Bonchev–Trinajstić information content (AvgIpc) is 3.20. The predicted octanol–water partition coefficient (Wildman–Crippen LogP) is 3.76. The van der Waals surface area contributed by atoms with E-state index in [1.165, 1.54) is 66.6 Å². The van der Waals surface area contributed by atoms with Crippen LogP contribution in [0.1, 0.15) is 0 Å². The summed E-state index contributed by atoms with van der Waals surface area (Å²) < 4.78 is 33.4. The lowest BCUT2D eigenvalue weighted by Crippen LogP contribution is -2.38. The van der Waals surface area contributed by atoms with Crippen LogP contribution in [0.3, 0.4) is 0 Å². The summed E-state index contributed by atoms with van der Waals surface area (Å²) in [5, 5.41) is 11.1. The normalized spacial score (nSPS) is 11.2. The Labute approximate surface area is 187 Å². The molecule has 1 aromatic heterocycles. The first-order valence-electron chi connectivity index (χ1n) is 8.43. The lowest BCUT2D eigenvalue weighted by atomic mass is 10.3. The summed E-state index contributed by atoms with van der Waals surface area (Å²) in [5.74, 6) is -0.0311. The monoisotopic (exact) mass is 484 g/mol. The summed E-state index contributed by atoms with van der Waals surface area (Å²) in [4.78, 5) is 12.6. The van der Waals surface area contributed by atoms with Gasteiger partial charge in [0.2, 0.25) is 11.0 Å². The van der Waals surface area contributed by atoms with Gasteiger partial charge in [-0.25, -0.2) is 8.42 Å². The van der Waals surface area contributed by atoms with Gasteiger partial charge in [-0.2, -0.15) is 0 Å². The lowest BCUT2D eigenvalue weighted by Gasteiger charge is -2.24. The van der Waals surface area contributed by atoms with Crippen molar-refractivity contribution in [3.8, 4) is 5.75 Å². The Bertz CT molecular complexity index is 1120. The fraction of sp³-hybridized carbons (Fsp3) is 0.167. The largest absolute Gasteiger partial charge is 0.497 e. The van der Waals surface area contributed by atoms with Crippen LogP contribution in [0.2, 0.25) is 5.02 Å². The highest BCUT2D eigenvalue weighted by Gasteiger charge is 2.27. The summed E-state index contributed by atoms with van der Waals surface area (Å²) in [6.07, 6.45) is 1.84. The third-order valence-electron chi connectivity index (χ3n) is 3.88. The van der Waals surface area contributed by atoms with E-state index in [1.54, 1.807) is 12.1 Å². The molecule has 8 nitrogen and oxygen atoms in total. The van der Waals surface area contributed by atoms with E-state index in [-0.39, 0.29) is 4.90 Å². The molecule has 2 aromatic carbocycles. The molecule has 0 aliphatic heterocycles.